The molecule has 0 aliphatic carbocycles. The Bertz CT molecular complexity index is 1240. The molecular weight excluding hydrogens is 449 g/mol. The van der Waals surface area contributed by atoms with Gasteiger partial charge < -0.3 is 15.4 Å². The number of ether oxygens (including phenoxy) is 1. The summed E-state index contributed by atoms with van der Waals surface area (Å²) in [6.45, 7) is 1.48. The fourth-order valence-corrected chi connectivity index (χ4v) is 3.49. The van der Waals surface area contributed by atoms with Gasteiger partial charge in [-0.25, -0.2) is 9.50 Å². The Kier molecular flexibility index (Phi) is 6.90. The van der Waals surface area contributed by atoms with Crippen molar-refractivity contribution in [3.8, 4) is 11.3 Å². The van der Waals surface area contributed by atoms with Gasteiger partial charge >= 0.3 is 0 Å². The van der Waals surface area contributed by atoms with Crippen LogP contribution < -0.4 is 10.6 Å². The summed E-state index contributed by atoms with van der Waals surface area (Å²) in [5.41, 5.74) is 4.02. The van der Waals surface area contributed by atoms with Crippen molar-refractivity contribution in [3.05, 3.63) is 82.0 Å². The van der Waals surface area contributed by atoms with Gasteiger partial charge in [-0.05, 0) is 42.0 Å². The Morgan fingerprint density at radius 1 is 1.06 bits per heavy atom. The van der Waals surface area contributed by atoms with E-state index >= 15 is 0 Å². The number of benzene rings is 2. The molecule has 0 fully saturated rings. The van der Waals surface area contributed by atoms with Crippen molar-refractivity contribution in [2.24, 2.45) is 0 Å². The first-order valence-corrected chi connectivity index (χ1v) is 10.7. The first-order valence-electron chi connectivity index (χ1n) is 9.95. The highest BCUT2D eigenvalue weighted by atomic mass is 35.5. The lowest BCUT2D eigenvalue weighted by atomic mass is 10.1. The van der Waals surface area contributed by atoms with Crippen LogP contribution in [0.25, 0.3) is 16.9 Å². The second kappa shape index (κ2) is 9.99. The number of hydrogen-bond donors (Lipinski definition) is 2. The van der Waals surface area contributed by atoms with Crippen LogP contribution in [0.4, 0.5) is 5.82 Å². The van der Waals surface area contributed by atoms with Crippen molar-refractivity contribution < 1.29 is 9.53 Å². The molecule has 0 saturated carbocycles. The molecule has 9 heteroatoms. The predicted octanol–water partition coefficient (Wildman–Crippen LogP) is 4.69. The van der Waals surface area contributed by atoms with Gasteiger partial charge in [-0.15, -0.1) is 5.10 Å². The summed E-state index contributed by atoms with van der Waals surface area (Å²) in [6.07, 6.45) is 1.76. The van der Waals surface area contributed by atoms with Gasteiger partial charge in [0, 0.05) is 31.3 Å². The highest BCUT2D eigenvalue weighted by Crippen LogP contribution is 2.24. The lowest BCUT2D eigenvalue weighted by Crippen LogP contribution is -2.26. The van der Waals surface area contributed by atoms with Crippen LogP contribution in [0.15, 0.2) is 60.8 Å². The van der Waals surface area contributed by atoms with Gasteiger partial charge in [0.25, 0.3) is 5.91 Å². The monoisotopic (exact) mass is 469 g/mol. The molecule has 2 aromatic heterocycles. The molecule has 0 saturated heterocycles. The summed E-state index contributed by atoms with van der Waals surface area (Å²) >= 11 is 12.1. The number of nitrogens with zero attached hydrogens (tertiary/aromatic N) is 3. The average Bonchev–Trinajstić information content (AvgIpc) is 3.23. The van der Waals surface area contributed by atoms with E-state index in [4.69, 9.17) is 27.9 Å². The topological polar surface area (TPSA) is 80.5 Å². The third-order valence-electron chi connectivity index (χ3n) is 4.85. The summed E-state index contributed by atoms with van der Waals surface area (Å²) < 4.78 is 6.72. The summed E-state index contributed by atoms with van der Waals surface area (Å²) in [5, 5.41) is 11.8. The van der Waals surface area contributed by atoms with Crippen molar-refractivity contribution >= 4 is 40.6 Å². The normalized spacial score (nSPS) is 11.0. The van der Waals surface area contributed by atoms with Crippen LogP contribution in [0.5, 0.6) is 0 Å². The largest absolute Gasteiger partial charge is 0.383 e. The van der Waals surface area contributed by atoms with Gasteiger partial charge in [0.05, 0.1) is 28.5 Å². The van der Waals surface area contributed by atoms with E-state index in [0.29, 0.717) is 41.1 Å². The molecule has 4 aromatic rings. The number of rotatable bonds is 8. The Hall–Kier alpha value is -3.13. The van der Waals surface area contributed by atoms with Crippen LogP contribution in [0.1, 0.15) is 15.9 Å². The van der Waals surface area contributed by atoms with Crippen molar-refractivity contribution in [2.45, 2.75) is 6.54 Å². The Labute approximate surface area is 195 Å². The van der Waals surface area contributed by atoms with Crippen LogP contribution >= 0.6 is 23.2 Å². The number of nitrogens with one attached hydrogen (secondary N) is 2. The molecular formula is C23H21Cl2N5O2. The number of carbonyl (C=O) groups excluding carboxylic acids is 1. The number of aromatic nitrogens is 3. The predicted molar refractivity (Wildman–Crippen MR) is 126 cm³/mol. The van der Waals surface area contributed by atoms with Crippen LogP contribution in [-0.4, -0.2) is 40.8 Å². The smallest absolute Gasteiger partial charge is 0.251 e. The van der Waals surface area contributed by atoms with Crippen LogP contribution in [0, 0.1) is 0 Å². The van der Waals surface area contributed by atoms with Crippen molar-refractivity contribution in [1.29, 1.82) is 0 Å². The molecule has 32 heavy (non-hydrogen) atoms. The standard InChI is InChI=1S/C23H21Cl2N5O2/c1-32-11-10-26-23(31)17-5-3-16(4-6-17)20-14-28-22-9-8-21(29-30(20)22)27-13-15-2-7-18(24)19(25)12-15/h2-9,12,14H,10-11,13H2,1H3,(H,26,31)(H,27,29). The lowest BCUT2D eigenvalue weighted by molar-refractivity contribution is 0.0937. The molecule has 0 atom stereocenters. The Morgan fingerprint density at radius 2 is 1.88 bits per heavy atom. The van der Waals surface area contributed by atoms with E-state index in [1.807, 2.05) is 36.4 Å². The third-order valence-corrected chi connectivity index (χ3v) is 5.59. The fraction of sp³-hybridized carbons (Fsp3) is 0.174. The molecule has 164 valence electrons. The summed E-state index contributed by atoms with van der Waals surface area (Å²) in [6, 6.07) is 16.6. The van der Waals surface area contributed by atoms with Crippen molar-refractivity contribution in [3.63, 3.8) is 0 Å². The lowest BCUT2D eigenvalue weighted by Gasteiger charge is -2.09. The number of halogens is 2. The summed E-state index contributed by atoms with van der Waals surface area (Å²) in [4.78, 5) is 16.6. The first-order chi connectivity index (χ1) is 15.5. The molecule has 7 nitrogen and oxygen atoms in total. The van der Waals surface area contributed by atoms with Crippen LogP contribution in [-0.2, 0) is 11.3 Å². The zero-order valence-corrected chi connectivity index (χ0v) is 18.8. The van der Waals surface area contributed by atoms with E-state index in [2.05, 4.69) is 20.7 Å². The molecule has 0 unspecified atom stereocenters. The highest BCUT2D eigenvalue weighted by Gasteiger charge is 2.10. The SMILES string of the molecule is COCCNC(=O)c1ccc(-c2cnc3ccc(NCc4ccc(Cl)c(Cl)c4)nn23)cc1. The molecule has 0 spiro atoms. The van der Waals surface area contributed by atoms with Gasteiger partial charge in [0.1, 0.15) is 5.82 Å². The molecule has 4 rings (SSSR count). The average molecular weight is 470 g/mol. The molecule has 1 amide bonds. The maximum atomic E-state index is 12.2. The van der Waals surface area contributed by atoms with Crippen LogP contribution in [0.2, 0.25) is 10.0 Å². The Balaban J connectivity index is 1.51. The van der Waals surface area contributed by atoms with E-state index in [-0.39, 0.29) is 5.91 Å². The first kappa shape index (κ1) is 22.1. The number of methoxy groups -OCH3 is 1. The number of anilines is 1. The number of hydrogen-bond acceptors (Lipinski definition) is 5. The van der Waals surface area contributed by atoms with Gasteiger partial charge in [-0.2, -0.15) is 0 Å². The molecule has 2 aromatic carbocycles. The molecule has 0 bridgehead atoms. The van der Waals surface area contributed by atoms with Gasteiger partial charge in [-0.1, -0.05) is 41.4 Å². The zero-order valence-electron chi connectivity index (χ0n) is 17.3. The Morgan fingerprint density at radius 3 is 2.62 bits per heavy atom. The van der Waals surface area contributed by atoms with Crippen molar-refractivity contribution in [2.75, 3.05) is 25.6 Å². The molecule has 0 radical (unpaired) electrons. The van der Waals surface area contributed by atoms with E-state index in [9.17, 15) is 4.79 Å². The molecule has 2 heterocycles. The van der Waals surface area contributed by atoms with Crippen LogP contribution in [0.3, 0.4) is 0 Å². The van der Waals surface area contributed by atoms with E-state index in [1.165, 1.54) is 0 Å². The number of amides is 1. The quantitative estimate of drug-likeness (QED) is 0.365. The van der Waals surface area contributed by atoms with Gasteiger partial charge in [-0.3, -0.25) is 4.79 Å². The van der Waals surface area contributed by atoms with Gasteiger partial charge in [0.15, 0.2) is 5.65 Å². The minimum absolute atomic E-state index is 0.140. The molecule has 2 N–H and O–H groups in total. The fourth-order valence-electron chi connectivity index (χ4n) is 3.17. The minimum atomic E-state index is -0.140. The third kappa shape index (κ3) is 5.02. The highest BCUT2D eigenvalue weighted by molar-refractivity contribution is 6.42. The van der Waals surface area contributed by atoms with Gasteiger partial charge in [0.2, 0.25) is 0 Å². The summed E-state index contributed by atoms with van der Waals surface area (Å²) in [7, 11) is 1.60. The molecule has 0 aliphatic heterocycles. The second-order valence-electron chi connectivity index (χ2n) is 7.06. The number of carbonyl (C=O) groups is 1. The van der Waals surface area contributed by atoms with E-state index < -0.39 is 0 Å². The van der Waals surface area contributed by atoms with Crippen molar-refractivity contribution in [1.82, 2.24) is 19.9 Å². The number of fused-ring (bicyclic) bond motifs is 1. The molecule has 0 aliphatic rings. The second-order valence-corrected chi connectivity index (χ2v) is 7.87. The summed E-state index contributed by atoms with van der Waals surface area (Å²) in [5.74, 6) is 0.551. The number of imidazole rings is 1. The maximum Gasteiger partial charge on any atom is 0.251 e. The van der Waals surface area contributed by atoms with E-state index in [0.717, 1.165) is 22.5 Å². The van der Waals surface area contributed by atoms with E-state index in [1.54, 1.807) is 36.0 Å². The maximum absolute atomic E-state index is 12.2. The zero-order chi connectivity index (χ0) is 22.5. The minimum Gasteiger partial charge on any atom is -0.383 e.